The van der Waals surface area contributed by atoms with E-state index in [0.717, 1.165) is 22.8 Å². The third-order valence-electron chi connectivity index (χ3n) is 3.62. The first kappa shape index (κ1) is 12.6. The predicted octanol–water partition coefficient (Wildman–Crippen LogP) is 2.89. The highest BCUT2D eigenvalue weighted by Gasteiger charge is 2.12. The molecule has 0 amide bonds. The Morgan fingerprint density at radius 3 is 3.19 bits per heavy atom. The summed E-state index contributed by atoms with van der Waals surface area (Å²) in [6.07, 6.45) is 8.07. The van der Waals surface area contributed by atoms with Crippen molar-refractivity contribution < 1.29 is 0 Å². The molecular formula is C15H15N5S. The van der Waals surface area contributed by atoms with Crippen LogP contribution in [0.2, 0.25) is 0 Å². The molecule has 0 saturated carbocycles. The molecule has 5 nitrogen and oxygen atoms in total. The van der Waals surface area contributed by atoms with E-state index < -0.39 is 0 Å². The smallest absolute Gasteiger partial charge is 0.193 e. The number of pyridine rings is 1. The Hall–Kier alpha value is -2.18. The number of nitrogens with zero attached hydrogens (tertiary/aromatic N) is 4. The van der Waals surface area contributed by atoms with E-state index in [0.29, 0.717) is 0 Å². The predicted molar refractivity (Wildman–Crippen MR) is 83.5 cm³/mol. The second-order valence-corrected chi connectivity index (χ2v) is 5.91. The third kappa shape index (κ3) is 2.22. The van der Waals surface area contributed by atoms with Gasteiger partial charge in [0.2, 0.25) is 0 Å². The van der Waals surface area contributed by atoms with Gasteiger partial charge in [-0.05, 0) is 19.1 Å². The van der Waals surface area contributed by atoms with Crippen LogP contribution in [0.1, 0.15) is 24.4 Å². The van der Waals surface area contributed by atoms with Crippen LogP contribution in [-0.4, -0.2) is 18.8 Å². The summed E-state index contributed by atoms with van der Waals surface area (Å²) in [5.41, 5.74) is 3.20. The van der Waals surface area contributed by atoms with Gasteiger partial charge in [-0.25, -0.2) is 9.97 Å². The topological polar surface area (TPSA) is 46.6 Å². The van der Waals surface area contributed by atoms with Crippen LogP contribution in [0.5, 0.6) is 0 Å². The second kappa shape index (κ2) is 4.98. The quantitative estimate of drug-likeness (QED) is 0.630. The minimum Gasteiger partial charge on any atom is -0.307 e. The summed E-state index contributed by atoms with van der Waals surface area (Å²) in [5.74, 6) is 0. The summed E-state index contributed by atoms with van der Waals surface area (Å²) in [6, 6.07) is 6.24. The van der Waals surface area contributed by atoms with Crippen molar-refractivity contribution >= 4 is 21.9 Å². The summed E-state index contributed by atoms with van der Waals surface area (Å²) in [4.78, 5) is 10.0. The van der Waals surface area contributed by atoms with Gasteiger partial charge in [0.1, 0.15) is 5.65 Å². The molecule has 0 aliphatic heterocycles. The normalized spacial score (nSPS) is 13.2. The molecule has 1 N–H and O–H groups in total. The molecule has 0 radical (unpaired) electrons. The first-order chi connectivity index (χ1) is 10.3. The van der Waals surface area contributed by atoms with E-state index in [1.165, 1.54) is 5.69 Å². The molecule has 1 unspecified atom stereocenters. The van der Waals surface area contributed by atoms with Gasteiger partial charge in [-0.2, -0.15) is 0 Å². The number of nitrogens with one attached hydrogen (secondary N) is 1. The van der Waals surface area contributed by atoms with Gasteiger partial charge < -0.3 is 9.72 Å². The Labute approximate surface area is 125 Å². The fourth-order valence-electron chi connectivity index (χ4n) is 2.50. The zero-order chi connectivity index (χ0) is 14.2. The van der Waals surface area contributed by atoms with Gasteiger partial charge in [-0.15, -0.1) is 11.3 Å². The van der Waals surface area contributed by atoms with Gasteiger partial charge >= 0.3 is 0 Å². The van der Waals surface area contributed by atoms with E-state index in [2.05, 4.69) is 44.4 Å². The number of rotatable bonds is 4. The molecule has 4 rings (SSSR count). The maximum Gasteiger partial charge on any atom is 0.193 e. The number of hydrogen-bond acceptors (Lipinski definition) is 4. The van der Waals surface area contributed by atoms with E-state index in [1.54, 1.807) is 11.3 Å². The average Bonchev–Trinajstić information content (AvgIpc) is 3.18. The van der Waals surface area contributed by atoms with Gasteiger partial charge in [0.15, 0.2) is 4.96 Å². The standard InChI is InChI=1S/C15H15N5S/c1-11(13-9-17-15-20(13)6-7-21-15)16-8-12-10-19-5-3-2-4-14(19)18-12/h2-7,9-11,16H,8H2,1H3. The summed E-state index contributed by atoms with van der Waals surface area (Å²) >= 11 is 1.65. The van der Waals surface area contributed by atoms with Crippen molar-refractivity contribution in [2.24, 2.45) is 0 Å². The fourth-order valence-corrected chi connectivity index (χ4v) is 3.20. The largest absolute Gasteiger partial charge is 0.307 e. The van der Waals surface area contributed by atoms with Gasteiger partial charge in [-0.1, -0.05) is 6.07 Å². The first-order valence-corrected chi connectivity index (χ1v) is 7.76. The van der Waals surface area contributed by atoms with E-state index >= 15 is 0 Å². The van der Waals surface area contributed by atoms with Crippen molar-refractivity contribution in [3.8, 4) is 0 Å². The summed E-state index contributed by atoms with van der Waals surface area (Å²) in [5, 5.41) is 5.57. The van der Waals surface area contributed by atoms with Crippen LogP contribution in [-0.2, 0) is 6.54 Å². The molecule has 0 aliphatic rings. The van der Waals surface area contributed by atoms with Gasteiger partial charge in [0.25, 0.3) is 0 Å². The summed E-state index contributed by atoms with van der Waals surface area (Å²) < 4.78 is 4.17. The summed E-state index contributed by atoms with van der Waals surface area (Å²) in [6.45, 7) is 2.89. The van der Waals surface area contributed by atoms with Crippen LogP contribution in [0, 0.1) is 0 Å². The molecular weight excluding hydrogens is 282 g/mol. The van der Waals surface area contributed by atoms with Crippen molar-refractivity contribution in [3.05, 3.63) is 59.8 Å². The van der Waals surface area contributed by atoms with Gasteiger partial charge in [0, 0.05) is 36.6 Å². The van der Waals surface area contributed by atoms with E-state index in [4.69, 9.17) is 0 Å². The number of fused-ring (bicyclic) bond motifs is 2. The lowest BCUT2D eigenvalue weighted by Crippen LogP contribution is -2.19. The molecule has 21 heavy (non-hydrogen) atoms. The molecule has 0 fully saturated rings. The Kier molecular flexibility index (Phi) is 2.98. The minimum absolute atomic E-state index is 0.222. The molecule has 0 aromatic carbocycles. The van der Waals surface area contributed by atoms with Crippen LogP contribution in [0.3, 0.4) is 0 Å². The molecule has 6 heteroatoms. The third-order valence-corrected chi connectivity index (χ3v) is 4.39. The monoisotopic (exact) mass is 297 g/mol. The number of thiazole rings is 1. The fraction of sp³-hybridized carbons (Fsp3) is 0.200. The Balaban J connectivity index is 1.52. The van der Waals surface area contributed by atoms with E-state index in [1.807, 2.05) is 35.0 Å². The van der Waals surface area contributed by atoms with Crippen LogP contribution in [0.4, 0.5) is 0 Å². The maximum absolute atomic E-state index is 4.60. The van der Waals surface area contributed by atoms with Crippen molar-refractivity contribution in [1.82, 2.24) is 24.1 Å². The lowest BCUT2D eigenvalue weighted by molar-refractivity contribution is 0.553. The molecule has 4 aromatic heterocycles. The highest BCUT2D eigenvalue weighted by molar-refractivity contribution is 7.15. The minimum atomic E-state index is 0.222. The highest BCUT2D eigenvalue weighted by Crippen LogP contribution is 2.18. The number of aromatic nitrogens is 4. The Bertz CT molecular complexity index is 855. The van der Waals surface area contributed by atoms with Crippen molar-refractivity contribution in [1.29, 1.82) is 0 Å². The SMILES string of the molecule is CC(NCc1cn2ccccc2n1)c1cnc2sccn12. The average molecular weight is 297 g/mol. The Morgan fingerprint density at radius 2 is 2.29 bits per heavy atom. The first-order valence-electron chi connectivity index (χ1n) is 6.88. The molecule has 0 bridgehead atoms. The molecule has 0 saturated heterocycles. The zero-order valence-corrected chi connectivity index (χ0v) is 12.4. The van der Waals surface area contributed by atoms with Crippen LogP contribution < -0.4 is 5.32 Å². The van der Waals surface area contributed by atoms with E-state index in [-0.39, 0.29) is 6.04 Å². The van der Waals surface area contributed by atoms with Crippen molar-refractivity contribution in [3.63, 3.8) is 0 Å². The lowest BCUT2D eigenvalue weighted by atomic mass is 10.2. The van der Waals surface area contributed by atoms with Crippen LogP contribution in [0.15, 0.2) is 48.4 Å². The maximum atomic E-state index is 4.60. The van der Waals surface area contributed by atoms with Crippen LogP contribution >= 0.6 is 11.3 Å². The van der Waals surface area contributed by atoms with E-state index in [9.17, 15) is 0 Å². The van der Waals surface area contributed by atoms with Crippen molar-refractivity contribution in [2.75, 3.05) is 0 Å². The zero-order valence-electron chi connectivity index (χ0n) is 11.6. The molecule has 0 spiro atoms. The Morgan fingerprint density at radius 1 is 1.33 bits per heavy atom. The highest BCUT2D eigenvalue weighted by atomic mass is 32.1. The molecule has 0 aliphatic carbocycles. The molecule has 4 aromatic rings. The molecule has 106 valence electrons. The summed E-state index contributed by atoms with van der Waals surface area (Å²) in [7, 11) is 0. The molecule has 1 atom stereocenters. The van der Waals surface area contributed by atoms with Crippen molar-refractivity contribution in [2.45, 2.75) is 19.5 Å². The lowest BCUT2D eigenvalue weighted by Gasteiger charge is -2.11. The van der Waals surface area contributed by atoms with Gasteiger partial charge in [-0.3, -0.25) is 4.40 Å². The van der Waals surface area contributed by atoms with Crippen LogP contribution in [0.25, 0.3) is 10.6 Å². The van der Waals surface area contributed by atoms with Gasteiger partial charge in [0.05, 0.1) is 17.6 Å². The number of hydrogen-bond donors (Lipinski definition) is 1. The second-order valence-electron chi connectivity index (χ2n) is 5.04. The number of imidazole rings is 2. The molecule has 4 heterocycles.